The highest BCUT2D eigenvalue weighted by Gasteiger charge is 2.55. The fraction of sp³-hybridized carbons (Fsp3) is 0.433. The number of nitrogens with one attached hydrogen (secondary N) is 1. The highest BCUT2D eigenvalue weighted by molar-refractivity contribution is 14.1. The van der Waals surface area contributed by atoms with Gasteiger partial charge in [0.2, 0.25) is 0 Å². The maximum Gasteiger partial charge on any atom is 0.410 e. The molecule has 2 saturated heterocycles. The Kier molecular flexibility index (Phi) is 8.34. The van der Waals surface area contributed by atoms with E-state index >= 15 is 4.39 Å². The van der Waals surface area contributed by atoms with Crippen LogP contribution in [0.5, 0.6) is 0 Å². The Labute approximate surface area is 262 Å². The minimum Gasteiger partial charge on any atom is -0.444 e. The van der Waals surface area contributed by atoms with E-state index in [1.807, 2.05) is 26.8 Å². The van der Waals surface area contributed by atoms with Crippen LogP contribution in [-0.2, 0) is 11.2 Å². The van der Waals surface area contributed by atoms with Crippen molar-refractivity contribution in [3.63, 3.8) is 0 Å². The van der Waals surface area contributed by atoms with Gasteiger partial charge in [-0.3, -0.25) is 0 Å². The van der Waals surface area contributed by atoms with Gasteiger partial charge < -0.3 is 20.1 Å². The molecule has 3 aliphatic rings. The van der Waals surface area contributed by atoms with Crippen LogP contribution in [0.3, 0.4) is 0 Å². The molecule has 0 unspecified atom stereocenters. The SMILES string of the molecule is C[C@@H](O)c1nc2c(F)c(-c3cccc(Cl)c3Cl)c(CCC#N)cc2c(N[C@H]2[C@@H]3C[C@H]2N(C(=O)OC(C)(C)C)C3)c1I. The number of rotatable bonds is 6. The molecule has 1 aliphatic carbocycles. The zero-order chi connectivity index (χ0) is 29.8. The Morgan fingerprint density at radius 3 is 2.78 bits per heavy atom. The van der Waals surface area contributed by atoms with E-state index in [1.54, 1.807) is 30.0 Å². The summed E-state index contributed by atoms with van der Waals surface area (Å²) in [7, 11) is 0. The topological polar surface area (TPSA) is 98.5 Å². The molecule has 3 fully saturated rings. The zero-order valence-corrected chi connectivity index (χ0v) is 26.7. The highest BCUT2D eigenvalue weighted by Crippen LogP contribution is 2.47. The van der Waals surface area contributed by atoms with Gasteiger partial charge in [0, 0.05) is 35.4 Å². The molecule has 6 rings (SSSR count). The van der Waals surface area contributed by atoms with Crippen molar-refractivity contribution in [2.75, 3.05) is 11.9 Å². The molecule has 1 aromatic heterocycles. The Balaban J connectivity index is 1.64. The van der Waals surface area contributed by atoms with Crippen molar-refractivity contribution < 1.29 is 19.0 Å². The number of aliphatic hydroxyl groups excluding tert-OH is 1. The van der Waals surface area contributed by atoms with Crippen molar-refractivity contribution >= 4 is 68.5 Å². The highest BCUT2D eigenvalue weighted by atomic mass is 127. The Bertz CT molecular complexity index is 1590. The van der Waals surface area contributed by atoms with Gasteiger partial charge in [0.25, 0.3) is 0 Å². The van der Waals surface area contributed by atoms with Crippen molar-refractivity contribution in [1.82, 2.24) is 9.88 Å². The lowest BCUT2D eigenvalue weighted by molar-refractivity contribution is 0.0239. The molecule has 1 amide bonds. The molecule has 7 nitrogen and oxygen atoms in total. The van der Waals surface area contributed by atoms with Crippen LogP contribution in [0.4, 0.5) is 14.9 Å². The summed E-state index contributed by atoms with van der Waals surface area (Å²) in [5.74, 6) is -0.401. The number of anilines is 1. The number of hydrogen-bond acceptors (Lipinski definition) is 6. The molecule has 41 heavy (non-hydrogen) atoms. The standard InChI is InChI=1S/C30H30Cl2FIN4O3/c1-14(39)25-24(34)28(37-26-16-12-20(26)38(13-16)29(40)41-30(2,3)4)18-11-15(7-6-10-35)21(23(33)27(18)36-25)17-8-5-9-19(31)22(17)32/h5,8-9,11,14,16,20,26,39H,6-7,12-13H2,1-4H3,(H,36,37)/t14-,16-,20-,26+/m1/s1. The van der Waals surface area contributed by atoms with Crippen molar-refractivity contribution in [2.45, 2.75) is 70.7 Å². The number of carbonyl (C=O) groups excluding carboxylic acids is 1. The van der Waals surface area contributed by atoms with Crippen molar-refractivity contribution in [3.8, 4) is 17.2 Å². The van der Waals surface area contributed by atoms with Crippen LogP contribution in [0.25, 0.3) is 22.0 Å². The smallest absolute Gasteiger partial charge is 0.410 e. The fourth-order valence-electron chi connectivity index (χ4n) is 5.73. The molecule has 216 valence electrons. The molecular formula is C30H30Cl2FIN4O3. The van der Waals surface area contributed by atoms with E-state index in [0.717, 1.165) is 6.42 Å². The van der Waals surface area contributed by atoms with Gasteiger partial charge in [0.15, 0.2) is 5.82 Å². The maximum atomic E-state index is 16.6. The summed E-state index contributed by atoms with van der Waals surface area (Å²) in [6.45, 7) is 7.68. The molecule has 3 heterocycles. The van der Waals surface area contributed by atoms with Gasteiger partial charge in [0.05, 0.1) is 49.3 Å². The quantitative estimate of drug-likeness (QED) is 0.253. The second-order valence-corrected chi connectivity index (χ2v) is 13.5. The molecule has 1 saturated carbocycles. The summed E-state index contributed by atoms with van der Waals surface area (Å²) >= 11 is 14.9. The minimum atomic E-state index is -0.959. The first-order valence-electron chi connectivity index (χ1n) is 13.4. The Morgan fingerprint density at radius 2 is 2.12 bits per heavy atom. The van der Waals surface area contributed by atoms with Crippen LogP contribution in [0.1, 0.15) is 57.9 Å². The van der Waals surface area contributed by atoms with Crippen LogP contribution in [0.15, 0.2) is 24.3 Å². The van der Waals surface area contributed by atoms with E-state index in [0.29, 0.717) is 38.0 Å². The van der Waals surface area contributed by atoms with Crippen LogP contribution in [-0.4, -0.2) is 45.3 Å². The predicted octanol–water partition coefficient (Wildman–Crippen LogP) is 7.88. The molecule has 3 aromatic rings. The largest absolute Gasteiger partial charge is 0.444 e. The molecule has 0 radical (unpaired) electrons. The van der Waals surface area contributed by atoms with Crippen molar-refractivity contribution in [3.05, 3.63) is 55.0 Å². The number of halogens is 4. The van der Waals surface area contributed by atoms with Crippen LogP contribution < -0.4 is 5.32 Å². The maximum absolute atomic E-state index is 16.6. The Morgan fingerprint density at radius 1 is 1.39 bits per heavy atom. The molecule has 2 bridgehead atoms. The summed E-state index contributed by atoms with van der Waals surface area (Å²) in [4.78, 5) is 19.2. The average Bonchev–Trinajstić information content (AvgIpc) is 3.48. The van der Waals surface area contributed by atoms with E-state index in [-0.39, 0.29) is 58.1 Å². The molecule has 2 aliphatic heterocycles. The number of hydrogen-bond donors (Lipinski definition) is 2. The molecular weight excluding hydrogens is 681 g/mol. The van der Waals surface area contributed by atoms with Gasteiger partial charge in [0.1, 0.15) is 11.1 Å². The lowest BCUT2D eigenvalue weighted by Gasteiger charge is -2.38. The first-order valence-corrected chi connectivity index (χ1v) is 15.3. The first kappa shape index (κ1) is 30.1. The van der Waals surface area contributed by atoms with E-state index < -0.39 is 17.5 Å². The lowest BCUT2D eigenvalue weighted by Crippen LogP contribution is -2.50. The van der Waals surface area contributed by atoms with Gasteiger partial charge >= 0.3 is 6.09 Å². The number of pyridine rings is 1. The van der Waals surface area contributed by atoms with Crippen molar-refractivity contribution in [2.24, 2.45) is 5.92 Å². The summed E-state index contributed by atoms with van der Waals surface area (Å²) in [6, 6.07) is 8.85. The number of amides is 1. The number of carbonyl (C=O) groups is 1. The van der Waals surface area contributed by atoms with Crippen molar-refractivity contribution in [1.29, 1.82) is 5.26 Å². The zero-order valence-electron chi connectivity index (χ0n) is 23.1. The van der Waals surface area contributed by atoms with Gasteiger partial charge in [-0.2, -0.15) is 5.26 Å². The third kappa shape index (κ3) is 5.56. The minimum absolute atomic E-state index is 0.0729. The van der Waals surface area contributed by atoms with Gasteiger partial charge in [-0.15, -0.1) is 0 Å². The molecule has 4 atom stereocenters. The monoisotopic (exact) mass is 710 g/mol. The van der Waals surface area contributed by atoms with Crippen LogP contribution in [0, 0.1) is 26.6 Å². The normalized spacial score (nSPS) is 20.5. The van der Waals surface area contributed by atoms with E-state index in [4.69, 9.17) is 27.9 Å². The number of nitriles is 1. The molecule has 2 N–H and O–H groups in total. The first-order chi connectivity index (χ1) is 19.3. The fourth-order valence-corrected chi connectivity index (χ4v) is 7.14. The summed E-state index contributed by atoms with van der Waals surface area (Å²) in [6.07, 6.45) is 0.00275. The summed E-state index contributed by atoms with van der Waals surface area (Å²) in [5.41, 5.74) is 1.68. The molecule has 0 spiro atoms. The van der Waals surface area contributed by atoms with E-state index in [2.05, 4.69) is 39.0 Å². The number of benzene rings is 2. The lowest BCUT2D eigenvalue weighted by atomic mass is 9.79. The number of fused-ring (bicyclic) bond motifs is 2. The van der Waals surface area contributed by atoms with E-state index in [1.165, 1.54) is 0 Å². The second-order valence-electron chi connectivity index (χ2n) is 11.6. The summed E-state index contributed by atoms with van der Waals surface area (Å²) in [5, 5.41) is 24.6. The number of ether oxygens (including phenoxy) is 1. The van der Waals surface area contributed by atoms with E-state index in [9.17, 15) is 15.2 Å². The van der Waals surface area contributed by atoms with Gasteiger partial charge in [-0.1, -0.05) is 35.3 Å². The number of aromatic nitrogens is 1. The number of aryl methyl sites for hydroxylation is 1. The predicted molar refractivity (Wildman–Crippen MR) is 167 cm³/mol. The average molecular weight is 711 g/mol. The number of nitrogens with zero attached hydrogens (tertiary/aromatic N) is 3. The van der Waals surface area contributed by atoms with Crippen LogP contribution in [0.2, 0.25) is 10.0 Å². The Hall–Kier alpha value is -2.39. The molecule has 2 aromatic carbocycles. The number of aliphatic hydroxyl groups is 1. The third-order valence-corrected chi connectivity index (χ3v) is 9.54. The molecule has 11 heteroatoms. The second kappa shape index (κ2) is 11.4. The van der Waals surface area contributed by atoms with Gasteiger partial charge in [-0.05, 0) is 80.8 Å². The van der Waals surface area contributed by atoms with Gasteiger partial charge in [-0.25, -0.2) is 14.2 Å². The van der Waals surface area contributed by atoms with Crippen LogP contribution >= 0.6 is 45.8 Å². The third-order valence-electron chi connectivity index (χ3n) is 7.63. The summed E-state index contributed by atoms with van der Waals surface area (Å²) < 4.78 is 22.9.